The fourth-order valence-electron chi connectivity index (χ4n) is 1.97. The van der Waals surface area contributed by atoms with Gasteiger partial charge in [0.2, 0.25) is 0 Å². The fraction of sp³-hybridized carbons (Fsp3) is 0.0833. The maximum absolute atomic E-state index is 13.6. The van der Waals surface area contributed by atoms with E-state index in [1.807, 2.05) is 0 Å². The molecule has 0 saturated heterocycles. The van der Waals surface area contributed by atoms with Crippen LogP contribution in [0.15, 0.2) is 28.9 Å². The maximum atomic E-state index is 13.6. The van der Waals surface area contributed by atoms with Crippen LogP contribution in [0.3, 0.4) is 0 Å². The van der Waals surface area contributed by atoms with Gasteiger partial charge in [0.05, 0.1) is 24.0 Å². The molecule has 96 valence electrons. The number of amides is 1. The number of Topliss-reactive ketones (excluding diaryl/α,β-unsaturated/α-hetero) is 1. The number of rotatable bonds is 2. The zero-order valence-corrected chi connectivity index (χ0v) is 9.39. The lowest BCUT2D eigenvalue weighted by atomic mass is 10.1. The zero-order chi connectivity index (χ0) is 13.6. The average Bonchev–Trinajstić information content (AvgIpc) is 2.93. The Bertz CT molecular complexity index is 683. The molecule has 0 spiro atoms. The van der Waals surface area contributed by atoms with Crippen molar-refractivity contribution >= 4 is 17.4 Å². The van der Waals surface area contributed by atoms with Gasteiger partial charge in [0.1, 0.15) is 11.6 Å². The van der Waals surface area contributed by atoms with E-state index < -0.39 is 28.9 Å². The molecule has 2 aromatic rings. The molecule has 0 N–H and O–H groups in total. The summed E-state index contributed by atoms with van der Waals surface area (Å²) in [6, 6.07) is 3.00. The van der Waals surface area contributed by atoms with Gasteiger partial charge in [-0.15, -0.1) is 0 Å². The smallest absolute Gasteiger partial charge is 0.300 e. The van der Waals surface area contributed by atoms with Crippen molar-refractivity contribution < 1.29 is 22.9 Å². The second kappa shape index (κ2) is 3.98. The molecule has 3 rings (SSSR count). The van der Waals surface area contributed by atoms with Gasteiger partial charge in [0, 0.05) is 12.1 Å². The molecule has 19 heavy (non-hydrogen) atoms. The first-order valence-corrected chi connectivity index (χ1v) is 5.32. The number of halogens is 2. The van der Waals surface area contributed by atoms with Crippen LogP contribution in [0.5, 0.6) is 0 Å². The highest BCUT2D eigenvalue weighted by atomic mass is 19.1. The van der Waals surface area contributed by atoms with Gasteiger partial charge in [-0.3, -0.25) is 14.5 Å². The van der Waals surface area contributed by atoms with E-state index in [4.69, 9.17) is 4.52 Å². The normalized spacial score (nSPS) is 14.1. The van der Waals surface area contributed by atoms with Gasteiger partial charge in [0.15, 0.2) is 5.76 Å². The number of anilines is 1. The van der Waals surface area contributed by atoms with Gasteiger partial charge in [-0.2, -0.15) is 0 Å². The number of hydrogen-bond acceptors (Lipinski definition) is 4. The fourth-order valence-corrected chi connectivity index (χ4v) is 1.97. The Kier molecular flexibility index (Phi) is 2.41. The van der Waals surface area contributed by atoms with E-state index in [-0.39, 0.29) is 12.2 Å². The average molecular weight is 264 g/mol. The summed E-state index contributed by atoms with van der Waals surface area (Å²) in [6.45, 7) is -0.111. The number of hydrogen-bond donors (Lipinski definition) is 0. The molecule has 0 bridgehead atoms. The van der Waals surface area contributed by atoms with Crippen molar-refractivity contribution in [1.29, 1.82) is 0 Å². The molecule has 7 heteroatoms. The van der Waals surface area contributed by atoms with Crippen LogP contribution in [-0.4, -0.2) is 16.8 Å². The summed E-state index contributed by atoms with van der Waals surface area (Å²) in [5.74, 6) is -3.52. The number of benzene rings is 1. The lowest BCUT2D eigenvalue weighted by Gasteiger charge is -2.14. The van der Waals surface area contributed by atoms with E-state index in [2.05, 4.69) is 5.16 Å². The van der Waals surface area contributed by atoms with Gasteiger partial charge in [-0.05, 0) is 6.07 Å². The van der Waals surface area contributed by atoms with Crippen molar-refractivity contribution in [3.63, 3.8) is 0 Å². The Labute approximate surface area is 105 Å². The lowest BCUT2D eigenvalue weighted by molar-refractivity contribution is -0.114. The number of ketones is 1. The molecule has 0 saturated carbocycles. The van der Waals surface area contributed by atoms with Crippen molar-refractivity contribution in [2.24, 2.45) is 0 Å². The summed E-state index contributed by atoms with van der Waals surface area (Å²) >= 11 is 0. The molecular formula is C12H6F2N2O3. The summed E-state index contributed by atoms with van der Waals surface area (Å²) < 4.78 is 31.6. The molecule has 1 aromatic heterocycles. The molecule has 2 heterocycles. The summed E-state index contributed by atoms with van der Waals surface area (Å²) in [5.41, 5.74) is -0.505. The van der Waals surface area contributed by atoms with E-state index >= 15 is 0 Å². The number of nitrogens with zero attached hydrogens (tertiary/aromatic N) is 2. The second-order valence-electron chi connectivity index (χ2n) is 3.98. The third-order valence-electron chi connectivity index (χ3n) is 2.80. The largest absolute Gasteiger partial charge is 0.359 e. The maximum Gasteiger partial charge on any atom is 0.300 e. The predicted molar refractivity (Wildman–Crippen MR) is 58.4 cm³/mol. The van der Waals surface area contributed by atoms with Crippen LogP contribution in [0, 0.1) is 11.6 Å². The van der Waals surface area contributed by atoms with Gasteiger partial charge in [-0.1, -0.05) is 5.16 Å². The molecule has 5 nitrogen and oxygen atoms in total. The van der Waals surface area contributed by atoms with E-state index in [1.165, 1.54) is 12.3 Å². The monoisotopic (exact) mass is 264 g/mol. The molecule has 1 aliphatic rings. The Morgan fingerprint density at radius 1 is 1.26 bits per heavy atom. The summed E-state index contributed by atoms with van der Waals surface area (Å²) in [7, 11) is 0. The van der Waals surface area contributed by atoms with Crippen LogP contribution in [0.4, 0.5) is 14.5 Å². The second-order valence-corrected chi connectivity index (χ2v) is 3.98. The highest BCUT2D eigenvalue weighted by molar-refractivity contribution is 6.52. The minimum atomic E-state index is -1.05. The Balaban J connectivity index is 2.09. The first-order chi connectivity index (χ1) is 9.08. The third kappa shape index (κ3) is 1.70. The van der Waals surface area contributed by atoms with Crippen molar-refractivity contribution in [3.8, 4) is 0 Å². The Hall–Kier alpha value is -2.57. The van der Waals surface area contributed by atoms with Crippen molar-refractivity contribution in [3.05, 3.63) is 47.4 Å². The minimum absolute atomic E-state index is 0.0936. The van der Waals surface area contributed by atoms with Crippen LogP contribution in [0.25, 0.3) is 0 Å². The summed E-state index contributed by atoms with van der Waals surface area (Å²) in [4.78, 5) is 24.4. The Morgan fingerprint density at radius 2 is 2.05 bits per heavy atom. The molecule has 0 atom stereocenters. The Morgan fingerprint density at radius 3 is 2.74 bits per heavy atom. The van der Waals surface area contributed by atoms with Gasteiger partial charge < -0.3 is 4.52 Å². The topological polar surface area (TPSA) is 63.4 Å². The van der Waals surface area contributed by atoms with Crippen LogP contribution in [-0.2, 0) is 11.3 Å². The highest BCUT2D eigenvalue weighted by Gasteiger charge is 2.39. The van der Waals surface area contributed by atoms with Gasteiger partial charge >= 0.3 is 0 Å². The molecule has 1 aromatic carbocycles. The highest BCUT2D eigenvalue weighted by Crippen LogP contribution is 2.33. The van der Waals surface area contributed by atoms with E-state index in [1.54, 1.807) is 0 Å². The zero-order valence-electron chi connectivity index (χ0n) is 9.39. The van der Waals surface area contributed by atoms with Crippen molar-refractivity contribution in [2.75, 3.05) is 4.90 Å². The lowest BCUT2D eigenvalue weighted by Crippen LogP contribution is -2.29. The van der Waals surface area contributed by atoms with Crippen LogP contribution in [0.1, 0.15) is 16.1 Å². The van der Waals surface area contributed by atoms with E-state index in [9.17, 15) is 18.4 Å². The minimum Gasteiger partial charge on any atom is -0.359 e. The first kappa shape index (κ1) is 11.5. The third-order valence-corrected chi connectivity index (χ3v) is 2.80. The molecule has 1 aliphatic heterocycles. The van der Waals surface area contributed by atoms with Crippen LogP contribution in [0.2, 0.25) is 0 Å². The quantitative estimate of drug-likeness (QED) is 0.774. The standard InChI is InChI=1S/C12H6F2N2O3/c13-6-3-8(14)10-9(4-6)16(12(18)11(10)17)5-7-1-2-15-19-7/h1-4H,5H2. The molecular weight excluding hydrogens is 258 g/mol. The molecule has 0 radical (unpaired) electrons. The van der Waals surface area contributed by atoms with Crippen LogP contribution < -0.4 is 4.90 Å². The predicted octanol–water partition coefficient (Wildman–Crippen LogP) is 1.68. The SMILES string of the molecule is O=C1C(=O)N(Cc2ccno2)c2cc(F)cc(F)c21. The summed E-state index contributed by atoms with van der Waals surface area (Å²) in [5, 5.41) is 3.45. The van der Waals surface area contributed by atoms with Crippen molar-refractivity contribution in [1.82, 2.24) is 5.16 Å². The van der Waals surface area contributed by atoms with Crippen molar-refractivity contribution in [2.45, 2.75) is 6.54 Å². The number of carbonyl (C=O) groups excluding carboxylic acids is 2. The van der Waals surface area contributed by atoms with Gasteiger partial charge in [0.25, 0.3) is 11.7 Å². The summed E-state index contributed by atoms with van der Waals surface area (Å²) in [6.07, 6.45) is 1.37. The molecule has 0 fully saturated rings. The molecule has 1 amide bonds. The number of carbonyl (C=O) groups is 2. The van der Waals surface area contributed by atoms with Crippen LogP contribution >= 0.6 is 0 Å². The van der Waals surface area contributed by atoms with E-state index in [0.717, 1.165) is 11.0 Å². The van der Waals surface area contributed by atoms with E-state index in [0.29, 0.717) is 11.8 Å². The number of fused-ring (bicyclic) bond motifs is 1. The molecule has 0 aliphatic carbocycles. The molecule has 0 unspecified atom stereocenters. The van der Waals surface area contributed by atoms with Gasteiger partial charge in [-0.25, -0.2) is 8.78 Å². The number of aromatic nitrogens is 1. The first-order valence-electron chi connectivity index (χ1n) is 5.32.